The zero-order valence-corrected chi connectivity index (χ0v) is 10.9. The molecule has 2 rings (SSSR count). The average molecular weight is 237 g/mol. The molecule has 0 bridgehead atoms. The summed E-state index contributed by atoms with van der Waals surface area (Å²) < 4.78 is 11.3. The monoisotopic (exact) mass is 237 g/mol. The van der Waals surface area contributed by atoms with Crippen molar-refractivity contribution >= 4 is 0 Å². The molecule has 0 spiro atoms. The van der Waals surface area contributed by atoms with Crippen molar-refractivity contribution in [1.29, 1.82) is 0 Å². The summed E-state index contributed by atoms with van der Waals surface area (Å²) in [5, 5.41) is 3.39. The number of rotatable bonds is 7. The molecule has 3 heteroatoms. The van der Waals surface area contributed by atoms with Crippen molar-refractivity contribution in [3.8, 4) is 0 Å². The summed E-state index contributed by atoms with van der Waals surface area (Å²) in [4.78, 5) is 0. The van der Waals surface area contributed by atoms with Crippen LogP contribution >= 0.6 is 0 Å². The van der Waals surface area contributed by atoms with Crippen LogP contribution in [-0.4, -0.2) is 12.6 Å². The van der Waals surface area contributed by atoms with Gasteiger partial charge in [-0.05, 0) is 37.8 Å². The molecule has 1 heterocycles. The highest BCUT2D eigenvalue weighted by Gasteiger charge is 2.18. The largest absolute Gasteiger partial charge is 0.468 e. The lowest BCUT2D eigenvalue weighted by molar-refractivity contribution is -0.00923. The molecule has 0 radical (unpaired) electrons. The third kappa shape index (κ3) is 3.86. The summed E-state index contributed by atoms with van der Waals surface area (Å²) in [6.45, 7) is 6.92. The quantitative estimate of drug-likeness (QED) is 0.791. The Kier molecular flexibility index (Phi) is 4.63. The second-order valence-electron chi connectivity index (χ2n) is 5.26. The van der Waals surface area contributed by atoms with E-state index in [0.29, 0.717) is 18.6 Å². The van der Waals surface area contributed by atoms with E-state index >= 15 is 0 Å². The van der Waals surface area contributed by atoms with Crippen LogP contribution in [0.4, 0.5) is 0 Å². The van der Waals surface area contributed by atoms with Crippen molar-refractivity contribution in [3.63, 3.8) is 0 Å². The molecule has 17 heavy (non-hydrogen) atoms. The molecule has 0 aliphatic heterocycles. The Labute approximate surface area is 104 Å². The molecule has 0 amide bonds. The minimum absolute atomic E-state index is 0.487. The first-order valence-corrected chi connectivity index (χ1v) is 6.63. The third-order valence-corrected chi connectivity index (χ3v) is 3.20. The van der Waals surface area contributed by atoms with Crippen molar-refractivity contribution < 1.29 is 9.15 Å². The lowest BCUT2D eigenvalue weighted by Crippen LogP contribution is -2.22. The number of furan rings is 1. The molecule has 1 aromatic heterocycles. The van der Waals surface area contributed by atoms with Crippen molar-refractivity contribution in [1.82, 2.24) is 5.32 Å². The van der Waals surface area contributed by atoms with E-state index in [2.05, 4.69) is 19.2 Å². The third-order valence-electron chi connectivity index (χ3n) is 3.20. The lowest BCUT2D eigenvalue weighted by Gasteiger charge is -2.25. The highest BCUT2D eigenvalue weighted by atomic mass is 16.5. The van der Waals surface area contributed by atoms with E-state index in [1.165, 1.54) is 24.8 Å². The van der Waals surface area contributed by atoms with E-state index in [0.717, 1.165) is 18.8 Å². The second kappa shape index (κ2) is 6.22. The number of hydrogen-bond donors (Lipinski definition) is 1. The van der Waals surface area contributed by atoms with Crippen LogP contribution in [0, 0.1) is 5.92 Å². The van der Waals surface area contributed by atoms with Gasteiger partial charge in [-0.3, -0.25) is 0 Å². The van der Waals surface area contributed by atoms with Gasteiger partial charge in [0.25, 0.3) is 0 Å². The molecule has 1 aliphatic rings. The normalized spacial score (nSPS) is 16.4. The summed E-state index contributed by atoms with van der Waals surface area (Å²) in [6, 6.07) is 2.02. The fourth-order valence-electron chi connectivity index (χ4n) is 1.87. The van der Waals surface area contributed by atoms with Gasteiger partial charge in [0.15, 0.2) is 0 Å². The Balaban J connectivity index is 1.74. The molecule has 0 saturated heterocycles. The fourth-order valence-corrected chi connectivity index (χ4v) is 1.87. The minimum Gasteiger partial charge on any atom is -0.468 e. The standard InChI is InChI=1S/C14H23NO2/c1-11(2)8-15-9-14-12(6-7-16-14)10-17-13-4-3-5-13/h6-7,11,13,15H,3-5,8-10H2,1-2H3. The van der Waals surface area contributed by atoms with E-state index in [1.807, 2.05) is 6.07 Å². The summed E-state index contributed by atoms with van der Waals surface area (Å²) in [6.07, 6.45) is 6.00. The number of nitrogens with one attached hydrogen (secondary N) is 1. The molecule has 3 nitrogen and oxygen atoms in total. The molecule has 0 unspecified atom stereocenters. The van der Waals surface area contributed by atoms with Gasteiger partial charge in [-0.25, -0.2) is 0 Å². The topological polar surface area (TPSA) is 34.4 Å². The molecule has 96 valence electrons. The lowest BCUT2D eigenvalue weighted by atomic mass is 9.96. The van der Waals surface area contributed by atoms with Crippen molar-refractivity contribution in [2.45, 2.75) is 52.4 Å². The molecule has 1 fully saturated rings. The smallest absolute Gasteiger partial charge is 0.123 e. The maximum atomic E-state index is 5.80. The van der Waals surface area contributed by atoms with Crippen molar-refractivity contribution in [3.05, 3.63) is 23.7 Å². The van der Waals surface area contributed by atoms with Gasteiger partial charge in [0.05, 0.1) is 25.5 Å². The van der Waals surface area contributed by atoms with E-state index in [4.69, 9.17) is 9.15 Å². The van der Waals surface area contributed by atoms with Crippen LogP contribution in [0.3, 0.4) is 0 Å². The predicted octanol–water partition coefficient (Wildman–Crippen LogP) is 3.09. The zero-order chi connectivity index (χ0) is 12.1. The minimum atomic E-state index is 0.487. The summed E-state index contributed by atoms with van der Waals surface area (Å²) >= 11 is 0. The fraction of sp³-hybridized carbons (Fsp3) is 0.714. The molecule has 1 aliphatic carbocycles. The van der Waals surface area contributed by atoms with Crippen molar-refractivity contribution in [2.75, 3.05) is 6.54 Å². The van der Waals surface area contributed by atoms with Gasteiger partial charge in [-0.15, -0.1) is 0 Å². The molecule has 0 aromatic carbocycles. The van der Waals surface area contributed by atoms with E-state index < -0.39 is 0 Å². The Morgan fingerprint density at radius 1 is 1.47 bits per heavy atom. The van der Waals surface area contributed by atoms with Crippen LogP contribution < -0.4 is 5.32 Å². The molecule has 1 N–H and O–H groups in total. The highest BCUT2D eigenvalue weighted by Crippen LogP contribution is 2.24. The number of ether oxygens (including phenoxy) is 1. The van der Waals surface area contributed by atoms with E-state index in [9.17, 15) is 0 Å². The van der Waals surface area contributed by atoms with Gasteiger partial charge in [0.2, 0.25) is 0 Å². The number of hydrogen-bond acceptors (Lipinski definition) is 3. The molecule has 1 aromatic rings. The van der Waals surface area contributed by atoms with Gasteiger partial charge in [0, 0.05) is 5.56 Å². The van der Waals surface area contributed by atoms with Gasteiger partial charge in [-0.1, -0.05) is 13.8 Å². The summed E-state index contributed by atoms with van der Waals surface area (Å²) in [5.74, 6) is 1.68. The van der Waals surface area contributed by atoms with Crippen LogP contribution in [0.5, 0.6) is 0 Å². The average Bonchev–Trinajstić information content (AvgIpc) is 2.63. The Morgan fingerprint density at radius 2 is 2.29 bits per heavy atom. The molecular formula is C14H23NO2. The van der Waals surface area contributed by atoms with E-state index in [1.54, 1.807) is 6.26 Å². The summed E-state index contributed by atoms with van der Waals surface area (Å²) in [5.41, 5.74) is 1.19. The van der Waals surface area contributed by atoms with Gasteiger partial charge in [0.1, 0.15) is 5.76 Å². The van der Waals surface area contributed by atoms with Crippen LogP contribution in [-0.2, 0) is 17.9 Å². The Morgan fingerprint density at radius 3 is 2.94 bits per heavy atom. The van der Waals surface area contributed by atoms with Gasteiger partial charge < -0.3 is 14.5 Å². The van der Waals surface area contributed by atoms with Gasteiger partial charge >= 0.3 is 0 Å². The first kappa shape index (κ1) is 12.7. The molecule has 0 atom stereocenters. The van der Waals surface area contributed by atoms with Crippen LogP contribution in [0.15, 0.2) is 16.7 Å². The SMILES string of the molecule is CC(C)CNCc1occc1COC1CCC1. The van der Waals surface area contributed by atoms with E-state index in [-0.39, 0.29) is 0 Å². The predicted molar refractivity (Wildman–Crippen MR) is 67.7 cm³/mol. The highest BCUT2D eigenvalue weighted by molar-refractivity contribution is 5.15. The molecule has 1 saturated carbocycles. The van der Waals surface area contributed by atoms with Gasteiger partial charge in [-0.2, -0.15) is 0 Å². The van der Waals surface area contributed by atoms with Crippen LogP contribution in [0.2, 0.25) is 0 Å². The Hall–Kier alpha value is -0.800. The van der Waals surface area contributed by atoms with Crippen LogP contribution in [0.1, 0.15) is 44.4 Å². The first-order chi connectivity index (χ1) is 8.25. The first-order valence-electron chi connectivity index (χ1n) is 6.63. The summed E-state index contributed by atoms with van der Waals surface area (Å²) in [7, 11) is 0. The Bertz CT molecular complexity index is 329. The maximum absolute atomic E-state index is 5.80. The zero-order valence-electron chi connectivity index (χ0n) is 10.9. The van der Waals surface area contributed by atoms with Crippen LogP contribution in [0.25, 0.3) is 0 Å². The second-order valence-corrected chi connectivity index (χ2v) is 5.26. The maximum Gasteiger partial charge on any atom is 0.123 e. The molecular weight excluding hydrogens is 214 g/mol. The van der Waals surface area contributed by atoms with Crippen molar-refractivity contribution in [2.24, 2.45) is 5.92 Å².